The van der Waals surface area contributed by atoms with Crippen molar-refractivity contribution in [2.45, 2.75) is 32.9 Å². The van der Waals surface area contributed by atoms with Crippen molar-refractivity contribution in [2.75, 3.05) is 0 Å². The lowest BCUT2D eigenvalue weighted by molar-refractivity contribution is 0.542. The molecular formula is C12H16BrN. The standard InChI is InChI=1S/C12H16BrN/c1-12(2)7-11(12)14-8-9-4-3-5-10(13)6-9/h3-6,11,14H,7-8H2,1-2H3. The number of hydrogen-bond donors (Lipinski definition) is 1. The second-order valence-corrected chi connectivity index (χ2v) is 5.67. The van der Waals surface area contributed by atoms with E-state index in [-0.39, 0.29) is 0 Å². The first-order chi connectivity index (χ1) is 6.58. The van der Waals surface area contributed by atoms with Crippen LogP contribution in [0, 0.1) is 5.41 Å². The highest BCUT2D eigenvalue weighted by molar-refractivity contribution is 9.10. The summed E-state index contributed by atoms with van der Waals surface area (Å²) in [5.74, 6) is 0. The maximum absolute atomic E-state index is 3.57. The van der Waals surface area contributed by atoms with Gasteiger partial charge in [-0.15, -0.1) is 0 Å². The summed E-state index contributed by atoms with van der Waals surface area (Å²) in [4.78, 5) is 0. The molecule has 0 radical (unpaired) electrons. The zero-order valence-corrected chi connectivity index (χ0v) is 10.3. The molecule has 1 fully saturated rings. The number of rotatable bonds is 3. The van der Waals surface area contributed by atoms with Crippen molar-refractivity contribution in [1.29, 1.82) is 0 Å². The molecule has 0 aliphatic heterocycles. The fourth-order valence-corrected chi connectivity index (χ4v) is 2.15. The molecule has 0 aromatic heterocycles. The Bertz CT molecular complexity index is 333. The number of benzene rings is 1. The number of nitrogens with one attached hydrogen (secondary N) is 1. The monoisotopic (exact) mass is 253 g/mol. The van der Waals surface area contributed by atoms with Crippen LogP contribution in [0.15, 0.2) is 28.7 Å². The van der Waals surface area contributed by atoms with E-state index in [1.54, 1.807) is 0 Å². The van der Waals surface area contributed by atoms with Gasteiger partial charge in [-0.2, -0.15) is 0 Å². The average Bonchev–Trinajstić information content (AvgIpc) is 2.71. The van der Waals surface area contributed by atoms with E-state index in [0.717, 1.165) is 11.0 Å². The summed E-state index contributed by atoms with van der Waals surface area (Å²) in [5.41, 5.74) is 1.87. The van der Waals surface area contributed by atoms with Crippen LogP contribution in [-0.4, -0.2) is 6.04 Å². The van der Waals surface area contributed by atoms with Crippen molar-refractivity contribution in [1.82, 2.24) is 5.32 Å². The van der Waals surface area contributed by atoms with Gasteiger partial charge in [0.15, 0.2) is 0 Å². The predicted octanol–water partition coefficient (Wildman–Crippen LogP) is 3.34. The zero-order chi connectivity index (χ0) is 10.2. The first-order valence-electron chi connectivity index (χ1n) is 5.06. The Morgan fingerprint density at radius 3 is 2.79 bits per heavy atom. The minimum absolute atomic E-state index is 0.520. The summed E-state index contributed by atoms with van der Waals surface area (Å²) in [7, 11) is 0. The SMILES string of the molecule is CC1(C)CC1NCc1cccc(Br)c1. The van der Waals surface area contributed by atoms with Crippen molar-refractivity contribution in [3.05, 3.63) is 34.3 Å². The summed E-state index contributed by atoms with van der Waals surface area (Å²) in [6, 6.07) is 9.18. The third-order valence-electron chi connectivity index (χ3n) is 2.96. The highest BCUT2D eigenvalue weighted by Gasteiger charge is 2.44. The largest absolute Gasteiger partial charge is 0.309 e. The minimum atomic E-state index is 0.520. The van der Waals surface area contributed by atoms with Crippen LogP contribution >= 0.6 is 15.9 Å². The smallest absolute Gasteiger partial charge is 0.0208 e. The van der Waals surface area contributed by atoms with Gasteiger partial charge >= 0.3 is 0 Å². The molecule has 1 saturated carbocycles. The third kappa shape index (κ3) is 2.37. The van der Waals surface area contributed by atoms with Crippen molar-refractivity contribution in [3.8, 4) is 0 Å². The molecule has 0 amide bonds. The lowest BCUT2D eigenvalue weighted by Gasteiger charge is -2.06. The molecule has 14 heavy (non-hydrogen) atoms. The first kappa shape index (κ1) is 10.2. The molecule has 0 bridgehead atoms. The Labute approximate surface area is 94.0 Å². The Morgan fingerprint density at radius 1 is 1.50 bits per heavy atom. The van der Waals surface area contributed by atoms with Crippen LogP contribution in [0.4, 0.5) is 0 Å². The van der Waals surface area contributed by atoms with Crippen molar-refractivity contribution >= 4 is 15.9 Å². The van der Waals surface area contributed by atoms with Crippen LogP contribution in [0.5, 0.6) is 0 Å². The normalized spacial score (nSPS) is 23.5. The van der Waals surface area contributed by atoms with E-state index in [1.807, 2.05) is 0 Å². The zero-order valence-electron chi connectivity index (χ0n) is 8.68. The van der Waals surface area contributed by atoms with Crippen LogP contribution < -0.4 is 5.32 Å². The topological polar surface area (TPSA) is 12.0 Å². The van der Waals surface area contributed by atoms with Crippen LogP contribution in [0.2, 0.25) is 0 Å². The molecule has 0 spiro atoms. The van der Waals surface area contributed by atoms with Gasteiger partial charge in [-0.25, -0.2) is 0 Å². The molecule has 2 heteroatoms. The molecule has 1 aliphatic carbocycles. The maximum Gasteiger partial charge on any atom is 0.0208 e. The maximum atomic E-state index is 3.57. The lowest BCUT2D eigenvalue weighted by Crippen LogP contribution is -2.19. The van der Waals surface area contributed by atoms with Gasteiger partial charge < -0.3 is 5.32 Å². The summed E-state index contributed by atoms with van der Waals surface area (Å²) in [6.07, 6.45) is 1.31. The molecule has 0 saturated heterocycles. The van der Waals surface area contributed by atoms with Gasteiger partial charge in [-0.1, -0.05) is 41.9 Å². The Hall–Kier alpha value is -0.340. The molecule has 1 aliphatic rings. The van der Waals surface area contributed by atoms with Gasteiger partial charge in [0.1, 0.15) is 0 Å². The van der Waals surface area contributed by atoms with Gasteiger partial charge in [0, 0.05) is 17.1 Å². The molecule has 0 heterocycles. The number of hydrogen-bond acceptors (Lipinski definition) is 1. The summed E-state index contributed by atoms with van der Waals surface area (Å²) in [5, 5.41) is 3.57. The second-order valence-electron chi connectivity index (χ2n) is 4.76. The minimum Gasteiger partial charge on any atom is -0.309 e. The van der Waals surface area contributed by atoms with E-state index in [1.165, 1.54) is 12.0 Å². The Kier molecular flexibility index (Phi) is 2.67. The van der Waals surface area contributed by atoms with E-state index in [4.69, 9.17) is 0 Å². The highest BCUT2D eigenvalue weighted by atomic mass is 79.9. The van der Waals surface area contributed by atoms with E-state index >= 15 is 0 Å². The molecule has 1 unspecified atom stereocenters. The van der Waals surface area contributed by atoms with E-state index in [2.05, 4.69) is 59.4 Å². The van der Waals surface area contributed by atoms with Crippen molar-refractivity contribution < 1.29 is 0 Å². The van der Waals surface area contributed by atoms with Crippen molar-refractivity contribution in [2.24, 2.45) is 5.41 Å². The molecule has 1 N–H and O–H groups in total. The van der Waals surface area contributed by atoms with E-state index in [0.29, 0.717) is 11.5 Å². The average molecular weight is 254 g/mol. The first-order valence-corrected chi connectivity index (χ1v) is 5.85. The quantitative estimate of drug-likeness (QED) is 0.872. The Balaban J connectivity index is 1.87. The second kappa shape index (κ2) is 3.67. The predicted molar refractivity (Wildman–Crippen MR) is 63.2 cm³/mol. The van der Waals surface area contributed by atoms with Crippen LogP contribution in [-0.2, 0) is 6.54 Å². The van der Waals surface area contributed by atoms with Crippen LogP contribution in [0.3, 0.4) is 0 Å². The molecule has 1 aromatic rings. The summed E-state index contributed by atoms with van der Waals surface area (Å²) < 4.78 is 1.16. The fraction of sp³-hybridized carbons (Fsp3) is 0.500. The summed E-state index contributed by atoms with van der Waals surface area (Å²) in [6.45, 7) is 5.60. The molecule has 2 rings (SSSR count). The fourth-order valence-electron chi connectivity index (χ4n) is 1.70. The van der Waals surface area contributed by atoms with Crippen LogP contribution in [0.25, 0.3) is 0 Å². The lowest BCUT2D eigenvalue weighted by atomic mass is 10.2. The van der Waals surface area contributed by atoms with Gasteiger partial charge in [0.2, 0.25) is 0 Å². The third-order valence-corrected chi connectivity index (χ3v) is 3.45. The van der Waals surface area contributed by atoms with Gasteiger partial charge in [0.05, 0.1) is 0 Å². The number of halogens is 1. The molecule has 1 aromatic carbocycles. The van der Waals surface area contributed by atoms with Gasteiger partial charge in [-0.3, -0.25) is 0 Å². The molecule has 76 valence electrons. The van der Waals surface area contributed by atoms with Crippen molar-refractivity contribution in [3.63, 3.8) is 0 Å². The highest BCUT2D eigenvalue weighted by Crippen LogP contribution is 2.44. The van der Waals surface area contributed by atoms with Crippen LogP contribution in [0.1, 0.15) is 25.8 Å². The van der Waals surface area contributed by atoms with Gasteiger partial charge in [-0.05, 0) is 29.5 Å². The van der Waals surface area contributed by atoms with E-state index < -0.39 is 0 Å². The van der Waals surface area contributed by atoms with E-state index in [9.17, 15) is 0 Å². The van der Waals surface area contributed by atoms with Gasteiger partial charge in [0.25, 0.3) is 0 Å². The molecular weight excluding hydrogens is 238 g/mol. The Morgan fingerprint density at radius 2 is 2.21 bits per heavy atom. The molecule has 1 nitrogen and oxygen atoms in total. The summed E-state index contributed by atoms with van der Waals surface area (Å²) >= 11 is 3.48. The molecule has 1 atom stereocenters.